The largest absolute Gasteiger partial charge is 0.412 e. The standard InChI is InChI=1S/C7H15.3H2O.Zr/c1-3-5-7-6-4-2;;;;/h1,3-7H2,2H3;3*1H2;. The number of hydrogen-bond acceptors (Lipinski definition) is 0. The first-order valence-electron chi connectivity index (χ1n) is 3.56. The average molecular weight is 244 g/mol. The molecule has 0 fully saturated rings. The predicted octanol–water partition coefficient (Wildman–Crippen LogP) is 0.448. The predicted molar refractivity (Wildman–Crippen MR) is 44.4 cm³/mol. The average Bonchev–Trinajstić information content (AvgIpc) is 1.81. The molecule has 0 radical (unpaired) electrons. The number of rotatable bonds is 5. The summed E-state index contributed by atoms with van der Waals surface area (Å²) in [5.74, 6) is 0. The molecule has 0 amide bonds. The van der Waals surface area contributed by atoms with Crippen LogP contribution in [0.4, 0.5) is 0 Å². The third-order valence-corrected chi connectivity index (χ3v) is 2.15. The number of unbranched alkanes of at least 4 members (excludes halogenated alkanes) is 4. The van der Waals surface area contributed by atoms with Crippen LogP contribution in [0.2, 0.25) is 4.13 Å². The Hall–Kier alpha value is 0.763. The van der Waals surface area contributed by atoms with E-state index < -0.39 is 0 Å². The molecule has 0 heterocycles. The van der Waals surface area contributed by atoms with Crippen molar-refractivity contribution in [2.24, 2.45) is 0 Å². The molecule has 0 bridgehead atoms. The van der Waals surface area contributed by atoms with Gasteiger partial charge in [-0.25, -0.2) is 0 Å². The molecule has 0 aliphatic rings. The molecule has 4 heteroatoms. The molecule has 71 valence electrons. The molecule has 3 nitrogen and oxygen atoms in total. The van der Waals surface area contributed by atoms with Crippen molar-refractivity contribution in [3.05, 3.63) is 0 Å². The van der Waals surface area contributed by atoms with E-state index in [2.05, 4.69) is 6.92 Å². The molecular weight excluding hydrogens is 223 g/mol. The van der Waals surface area contributed by atoms with Gasteiger partial charge in [-0.1, -0.05) is 0 Å². The Morgan fingerprint density at radius 1 is 0.818 bits per heavy atom. The summed E-state index contributed by atoms with van der Waals surface area (Å²) in [6.45, 7) is 2.26. The minimum Gasteiger partial charge on any atom is -0.412 e. The summed E-state index contributed by atoms with van der Waals surface area (Å²) in [7, 11) is 0. The van der Waals surface area contributed by atoms with Crippen LogP contribution in [-0.2, 0) is 24.7 Å². The molecule has 0 rings (SSSR count). The third kappa shape index (κ3) is 24.9. The normalized spacial score (nSPS) is 6.91. The third-order valence-electron chi connectivity index (χ3n) is 1.28. The molecule has 0 aliphatic heterocycles. The van der Waals surface area contributed by atoms with E-state index in [9.17, 15) is 0 Å². The van der Waals surface area contributed by atoms with Crippen LogP contribution >= 0.6 is 0 Å². The summed E-state index contributed by atoms with van der Waals surface area (Å²) in [6, 6.07) is 0. The molecule has 0 aliphatic carbocycles. The van der Waals surface area contributed by atoms with Gasteiger partial charge in [-0.15, -0.1) is 0 Å². The van der Waals surface area contributed by atoms with E-state index in [4.69, 9.17) is 0 Å². The Kier molecular flexibility index (Phi) is 46.1. The molecule has 0 spiro atoms. The van der Waals surface area contributed by atoms with E-state index >= 15 is 0 Å². The molecule has 0 aromatic rings. The number of hydrogen-bond donors (Lipinski definition) is 0. The maximum absolute atomic E-state index is 2.26. The van der Waals surface area contributed by atoms with Crippen molar-refractivity contribution in [1.29, 1.82) is 0 Å². The van der Waals surface area contributed by atoms with Crippen molar-refractivity contribution >= 4 is 0 Å². The van der Waals surface area contributed by atoms with Gasteiger partial charge in [0.25, 0.3) is 0 Å². The van der Waals surface area contributed by atoms with Crippen molar-refractivity contribution in [1.82, 2.24) is 0 Å². The van der Waals surface area contributed by atoms with Crippen molar-refractivity contribution < 1.29 is 41.1 Å². The van der Waals surface area contributed by atoms with Crippen LogP contribution in [0.3, 0.4) is 0 Å². The maximum atomic E-state index is 2.26. The van der Waals surface area contributed by atoms with Gasteiger partial charge in [0, 0.05) is 0 Å². The zero-order chi connectivity index (χ0) is 6.24. The molecule has 6 N–H and O–H groups in total. The van der Waals surface area contributed by atoms with E-state index in [1.54, 1.807) is 24.7 Å². The second-order valence-corrected chi connectivity index (χ2v) is 3.39. The molecule has 0 saturated carbocycles. The minimum absolute atomic E-state index is 0. The summed E-state index contributed by atoms with van der Waals surface area (Å²) in [4.78, 5) is 0. The maximum Gasteiger partial charge on any atom is -0.412 e. The van der Waals surface area contributed by atoms with Crippen LogP contribution in [0.15, 0.2) is 0 Å². The first kappa shape index (κ1) is 22.6. The Bertz CT molecular complexity index is 38.7. The Labute approximate surface area is 84.3 Å². The zero-order valence-electron chi connectivity index (χ0n) is 7.24. The zero-order valence-corrected chi connectivity index (χ0v) is 9.70. The van der Waals surface area contributed by atoms with Gasteiger partial charge in [0.15, 0.2) is 0 Å². The Balaban J connectivity index is -0.0000000817. The van der Waals surface area contributed by atoms with E-state index in [-0.39, 0.29) is 16.4 Å². The van der Waals surface area contributed by atoms with E-state index in [1.165, 1.54) is 36.2 Å². The molecule has 0 aromatic carbocycles. The smallest absolute Gasteiger partial charge is 0.412 e. The van der Waals surface area contributed by atoms with Gasteiger partial charge >= 0.3 is 67.9 Å². The minimum atomic E-state index is 0. The first-order valence-corrected chi connectivity index (χ1v) is 5.30. The topological polar surface area (TPSA) is 94.5 Å². The Morgan fingerprint density at radius 3 is 1.64 bits per heavy atom. The van der Waals surface area contributed by atoms with Crippen LogP contribution in [0.1, 0.15) is 39.0 Å². The van der Waals surface area contributed by atoms with Crippen LogP contribution in [-0.4, -0.2) is 16.4 Å². The summed E-state index contributed by atoms with van der Waals surface area (Å²) in [5, 5.41) is 0. The van der Waals surface area contributed by atoms with Crippen LogP contribution in [0.25, 0.3) is 0 Å². The van der Waals surface area contributed by atoms with Crippen molar-refractivity contribution in [3.63, 3.8) is 0 Å². The van der Waals surface area contributed by atoms with Gasteiger partial charge in [0.05, 0.1) is 0 Å². The molecule has 11 heavy (non-hydrogen) atoms. The molecular formula is C7H21O3Zr. The van der Waals surface area contributed by atoms with Gasteiger partial charge in [-0.3, -0.25) is 0 Å². The van der Waals surface area contributed by atoms with Crippen LogP contribution in [0, 0.1) is 0 Å². The van der Waals surface area contributed by atoms with Gasteiger partial charge in [0.2, 0.25) is 0 Å². The van der Waals surface area contributed by atoms with Crippen LogP contribution < -0.4 is 0 Å². The van der Waals surface area contributed by atoms with Crippen molar-refractivity contribution in [3.8, 4) is 0 Å². The molecule has 0 unspecified atom stereocenters. The second kappa shape index (κ2) is 22.4. The van der Waals surface area contributed by atoms with Crippen molar-refractivity contribution in [2.75, 3.05) is 0 Å². The monoisotopic (exact) mass is 243 g/mol. The second-order valence-electron chi connectivity index (χ2n) is 2.16. The van der Waals surface area contributed by atoms with Crippen molar-refractivity contribution in [2.45, 2.75) is 43.2 Å². The van der Waals surface area contributed by atoms with Crippen LogP contribution in [0.5, 0.6) is 0 Å². The fraction of sp³-hybridized carbons (Fsp3) is 1.00. The molecule has 0 atom stereocenters. The Morgan fingerprint density at radius 2 is 1.27 bits per heavy atom. The van der Waals surface area contributed by atoms with E-state index in [1.807, 2.05) is 0 Å². The SMILES string of the molecule is CCCCCC[CH2][Zr].O.O.O. The first-order chi connectivity index (χ1) is 3.91. The fourth-order valence-electron chi connectivity index (χ4n) is 0.729. The van der Waals surface area contributed by atoms with E-state index in [0.29, 0.717) is 0 Å². The fourth-order valence-corrected chi connectivity index (χ4v) is 1.34. The van der Waals surface area contributed by atoms with Gasteiger partial charge in [0.1, 0.15) is 0 Å². The summed E-state index contributed by atoms with van der Waals surface area (Å²) < 4.78 is 1.45. The summed E-state index contributed by atoms with van der Waals surface area (Å²) in [5.41, 5.74) is 0. The summed E-state index contributed by atoms with van der Waals surface area (Å²) >= 11 is 1.71. The quantitative estimate of drug-likeness (QED) is 0.628. The van der Waals surface area contributed by atoms with Gasteiger partial charge in [-0.05, 0) is 0 Å². The molecule has 0 aromatic heterocycles. The molecule has 0 saturated heterocycles. The van der Waals surface area contributed by atoms with Gasteiger partial charge < -0.3 is 16.4 Å². The van der Waals surface area contributed by atoms with Gasteiger partial charge in [-0.2, -0.15) is 0 Å². The van der Waals surface area contributed by atoms with E-state index in [0.717, 1.165) is 0 Å². The summed E-state index contributed by atoms with van der Waals surface area (Å²) in [6.07, 6.45) is 7.22.